The number of aromatic nitrogens is 4. The predicted octanol–water partition coefficient (Wildman–Crippen LogP) is 11.8. The summed E-state index contributed by atoms with van der Waals surface area (Å²) in [6.45, 7) is 0. The zero-order valence-corrected chi connectivity index (χ0v) is 27.0. The number of hydrogen-bond donors (Lipinski definition) is 0. The van der Waals surface area contributed by atoms with Crippen LogP contribution in [0.5, 0.6) is 0 Å². The van der Waals surface area contributed by atoms with Crippen molar-refractivity contribution < 1.29 is 0 Å². The van der Waals surface area contributed by atoms with Gasteiger partial charge >= 0.3 is 0 Å². The molecule has 0 amide bonds. The molecule has 4 heteroatoms. The van der Waals surface area contributed by atoms with Crippen molar-refractivity contribution in [3.63, 3.8) is 0 Å². The first-order valence-electron chi connectivity index (χ1n) is 17.0. The lowest BCUT2D eigenvalue weighted by Crippen LogP contribution is -2.05. The fourth-order valence-corrected chi connectivity index (χ4v) is 8.24. The van der Waals surface area contributed by atoms with E-state index in [1.807, 2.05) is 0 Å². The molecule has 4 nitrogen and oxygen atoms in total. The lowest BCUT2D eigenvalue weighted by Gasteiger charge is -2.14. The van der Waals surface area contributed by atoms with Crippen molar-refractivity contribution in [2.75, 3.05) is 0 Å². The topological polar surface area (TPSA) is 35.6 Å². The van der Waals surface area contributed by atoms with Crippen molar-refractivity contribution in [1.29, 1.82) is 0 Å². The summed E-state index contributed by atoms with van der Waals surface area (Å²) in [4.78, 5) is 10.8. The Hall–Kier alpha value is -6.78. The molecule has 3 heterocycles. The van der Waals surface area contributed by atoms with E-state index in [4.69, 9.17) is 9.97 Å². The maximum Gasteiger partial charge on any atom is 0.235 e. The fourth-order valence-electron chi connectivity index (χ4n) is 8.24. The van der Waals surface area contributed by atoms with Crippen molar-refractivity contribution in [1.82, 2.24) is 19.1 Å². The molecule has 0 bridgehead atoms. The van der Waals surface area contributed by atoms with Crippen LogP contribution >= 0.6 is 0 Å². The smallest absolute Gasteiger partial charge is 0.235 e. The van der Waals surface area contributed by atoms with Crippen LogP contribution in [-0.2, 0) is 0 Å². The maximum atomic E-state index is 5.48. The lowest BCUT2D eigenvalue weighted by atomic mass is 9.96. The number of para-hydroxylation sites is 3. The summed E-state index contributed by atoms with van der Waals surface area (Å²) in [6.07, 6.45) is 0. The van der Waals surface area contributed by atoms with Gasteiger partial charge in [0, 0.05) is 38.2 Å². The molecule has 0 saturated carbocycles. The molecule has 11 rings (SSSR count). The Balaban J connectivity index is 1.46. The molecule has 50 heavy (non-hydrogen) atoms. The van der Waals surface area contributed by atoms with Crippen LogP contribution in [-0.4, -0.2) is 19.1 Å². The first kappa shape index (κ1) is 27.2. The first-order valence-corrected chi connectivity index (χ1v) is 17.0. The van der Waals surface area contributed by atoms with E-state index >= 15 is 0 Å². The molecule has 11 aromatic rings. The highest BCUT2D eigenvalue weighted by Crippen LogP contribution is 2.48. The summed E-state index contributed by atoms with van der Waals surface area (Å²) >= 11 is 0. The van der Waals surface area contributed by atoms with Crippen molar-refractivity contribution in [3.8, 4) is 22.9 Å². The molecule has 8 aromatic carbocycles. The predicted molar refractivity (Wildman–Crippen MR) is 209 cm³/mol. The monoisotopic (exact) mass is 636 g/mol. The van der Waals surface area contributed by atoms with Crippen molar-refractivity contribution in [2.24, 2.45) is 0 Å². The maximum absolute atomic E-state index is 5.48. The van der Waals surface area contributed by atoms with Crippen LogP contribution in [0, 0.1) is 0 Å². The van der Waals surface area contributed by atoms with E-state index in [-0.39, 0.29) is 0 Å². The minimum atomic E-state index is 0.652. The van der Waals surface area contributed by atoms with Crippen LogP contribution in [0.4, 0.5) is 0 Å². The average Bonchev–Trinajstić information content (AvgIpc) is 3.73. The molecule has 0 saturated heterocycles. The van der Waals surface area contributed by atoms with Gasteiger partial charge in [0.2, 0.25) is 5.95 Å². The van der Waals surface area contributed by atoms with Gasteiger partial charge in [-0.3, -0.25) is 4.57 Å². The van der Waals surface area contributed by atoms with Crippen LogP contribution in [0.1, 0.15) is 0 Å². The summed E-state index contributed by atoms with van der Waals surface area (Å²) in [5, 5.41) is 10.8. The minimum absolute atomic E-state index is 0.652. The van der Waals surface area contributed by atoms with E-state index in [1.165, 1.54) is 43.1 Å². The molecule has 0 spiro atoms. The third-order valence-corrected chi connectivity index (χ3v) is 10.3. The van der Waals surface area contributed by atoms with Gasteiger partial charge in [0.1, 0.15) is 0 Å². The number of benzene rings is 8. The summed E-state index contributed by atoms with van der Waals surface area (Å²) in [5.74, 6) is 0.652. The van der Waals surface area contributed by atoms with E-state index in [1.54, 1.807) is 0 Å². The number of rotatable bonds is 3. The normalized spacial score (nSPS) is 12.0. The molecule has 0 atom stereocenters. The van der Waals surface area contributed by atoms with Gasteiger partial charge in [-0.05, 0) is 51.9 Å². The van der Waals surface area contributed by atoms with Crippen LogP contribution < -0.4 is 0 Å². The van der Waals surface area contributed by atoms with Crippen LogP contribution in [0.3, 0.4) is 0 Å². The quantitative estimate of drug-likeness (QED) is 0.193. The summed E-state index contributed by atoms with van der Waals surface area (Å²) in [6, 6.07) is 60.5. The Kier molecular flexibility index (Phi) is 5.63. The third-order valence-electron chi connectivity index (χ3n) is 10.3. The van der Waals surface area contributed by atoms with Gasteiger partial charge in [-0.15, -0.1) is 0 Å². The second-order valence-corrected chi connectivity index (χ2v) is 13.0. The second kappa shape index (κ2) is 10.4. The standard InChI is InChI=1S/C46H28N4/c1-3-16-30(17-4-1)43-35-23-11-13-25-37(35)47-46(48-43)50-39-28-27-29-15-7-8-20-32(29)41(39)42-34-22-10-9-21-33(34)40-36-24-12-14-26-38(36)49(44(40)45(42)50)31-18-5-2-6-19-31/h1-28H. The Morgan fingerprint density at radius 2 is 0.960 bits per heavy atom. The largest absolute Gasteiger partial charge is 0.307 e. The Bertz CT molecular complexity index is 3140. The molecule has 0 radical (unpaired) electrons. The van der Waals surface area contributed by atoms with Crippen molar-refractivity contribution >= 4 is 76.1 Å². The average molecular weight is 637 g/mol. The van der Waals surface area contributed by atoms with Gasteiger partial charge < -0.3 is 4.57 Å². The summed E-state index contributed by atoms with van der Waals surface area (Å²) in [7, 11) is 0. The number of hydrogen-bond acceptors (Lipinski definition) is 2. The van der Waals surface area contributed by atoms with E-state index in [0.717, 1.165) is 49.9 Å². The second-order valence-electron chi connectivity index (χ2n) is 13.0. The van der Waals surface area contributed by atoms with Gasteiger partial charge in [0.15, 0.2) is 0 Å². The molecule has 0 fully saturated rings. The Morgan fingerprint density at radius 3 is 1.76 bits per heavy atom. The Labute approximate surface area is 287 Å². The van der Waals surface area contributed by atoms with Gasteiger partial charge in [-0.25, -0.2) is 9.97 Å². The van der Waals surface area contributed by atoms with Crippen molar-refractivity contribution in [2.45, 2.75) is 0 Å². The molecule has 0 aliphatic carbocycles. The highest BCUT2D eigenvalue weighted by atomic mass is 15.2. The molecule has 0 unspecified atom stereocenters. The Morgan fingerprint density at radius 1 is 0.360 bits per heavy atom. The van der Waals surface area contributed by atoms with E-state index in [9.17, 15) is 0 Å². The molecular formula is C46H28N4. The van der Waals surface area contributed by atoms with Gasteiger partial charge in [0.25, 0.3) is 0 Å². The number of fused-ring (bicyclic) bond motifs is 13. The zero-order chi connectivity index (χ0) is 32.8. The van der Waals surface area contributed by atoms with Crippen LogP contribution in [0.2, 0.25) is 0 Å². The fraction of sp³-hybridized carbons (Fsp3) is 0. The van der Waals surface area contributed by atoms with E-state index < -0.39 is 0 Å². The highest BCUT2D eigenvalue weighted by Gasteiger charge is 2.26. The molecule has 0 aliphatic heterocycles. The molecule has 0 N–H and O–H groups in total. The summed E-state index contributed by atoms with van der Waals surface area (Å²) in [5.41, 5.74) is 8.49. The molecular weight excluding hydrogens is 609 g/mol. The van der Waals surface area contributed by atoms with Crippen LogP contribution in [0.15, 0.2) is 170 Å². The summed E-state index contributed by atoms with van der Waals surface area (Å²) < 4.78 is 4.78. The molecule has 3 aromatic heterocycles. The first-order chi connectivity index (χ1) is 24.8. The van der Waals surface area contributed by atoms with E-state index in [2.05, 4.69) is 179 Å². The third kappa shape index (κ3) is 3.70. The zero-order valence-electron chi connectivity index (χ0n) is 27.0. The van der Waals surface area contributed by atoms with Gasteiger partial charge in [-0.1, -0.05) is 140 Å². The SMILES string of the molecule is c1ccc(-c2nc(-n3c4ccc5ccccc5c4c4c5ccccc5c5c6ccccc6n(-c6ccccc6)c5c43)nc3ccccc23)cc1. The van der Waals surface area contributed by atoms with Crippen molar-refractivity contribution in [3.05, 3.63) is 170 Å². The lowest BCUT2D eigenvalue weighted by molar-refractivity contribution is 1.01. The minimum Gasteiger partial charge on any atom is -0.307 e. The van der Waals surface area contributed by atoms with E-state index in [0.29, 0.717) is 5.95 Å². The number of nitrogens with zero attached hydrogens (tertiary/aromatic N) is 4. The highest BCUT2D eigenvalue weighted by molar-refractivity contribution is 6.39. The van der Waals surface area contributed by atoms with Gasteiger partial charge in [0.05, 0.1) is 33.3 Å². The van der Waals surface area contributed by atoms with Crippen LogP contribution in [0.25, 0.3) is 99.0 Å². The van der Waals surface area contributed by atoms with Gasteiger partial charge in [-0.2, -0.15) is 0 Å². The molecule has 0 aliphatic rings. The molecule has 232 valence electrons.